The number of amides is 3. The van der Waals surface area contributed by atoms with E-state index >= 15 is 0 Å². The lowest BCUT2D eigenvalue weighted by atomic mass is 10.0. The van der Waals surface area contributed by atoms with Crippen molar-refractivity contribution in [3.8, 4) is 0 Å². The van der Waals surface area contributed by atoms with E-state index in [1.807, 2.05) is 0 Å². The van der Waals surface area contributed by atoms with Crippen molar-refractivity contribution in [2.45, 2.75) is 57.9 Å². The minimum absolute atomic E-state index is 0.0179. The van der Waals surface area contributed by atoms with E-state index in [1.165, 1.54) is 30.7 Å². The molecule has 1 aromatic carbocycles. The molecule has 0 saturated carbocycles. The van der Waals surface area contributed by atoms with Crippen LogP contribution in [0.5, 0.6) is 0 Å². The Kier molecular flexibility index (Phi) is 7.84. The molecular weight excluding hydrogens is 434 g/mol. The molecule has 1 unspecified atom stereocenters. The Balaban J connectivity index is 1.30. The second kappa shape index (κ2) is 10.3. The van der Waals surface area contributed by atoms with Crippen molar-refractivity contribution >= 4 is 33.7 Å². The molecule has 2 aliphatic heterocycles. The van der Waals surface area contributed by atoms with Gasteiger partial charge in [-0.05, 0) is 70.3 Å². The Morgan fingerprint density at radius 1 is 1.10 bits per heavy atom. The summed E-state index contributed by atoms with van der Waals surface area (Å²) in [5.41, 5.74) is 0.863. The summed E-state index contributed by atoms with van der Waals surface area (Å²) in [5.74, 6) is -0.570. The van der Waals surface area contributed by atoms with Crippen LogP contribution in [-0.4, -0.2) is 59.7 Å². The van der Waals surface area contributed by atoms with Crippen LogP contribution in [0.3, 0.4) is 0 Å². The first kappa shape index (κ1) is 22.0. The van der Waals surface area contributed by atoms with Crippen molar-refractivity contribution in [3.05, 3.63) is 33.8 Å². The highest BCUT2D eigenvalue weighted by atomic mass is 79.9. The van der Waals surface area contributed by atoms with E-state index in [2.05, 4.69) is 33.1 Å². The normalized spacial score (nSPS) is 19.5. The molecule has 7 heteroatoms. The molecule has 158 valence electrons. The maximum Gasteiger partial charge on any atom is 0.261 e. The minimum atomic E-state index is -0.279. The molecule has 3 amide bonds. The molecule has 1 saturated heterocycles. The van der Waals surface area contributed by atoms with Gasteiger partial charge in [0.1, 0.15) is 0 Å². The molecule has 29 heavy (non-hydrogen) atoms. The topological polar surface area (TPSA) is 69.7 Å². The molecule has 1 aromatic rings. The van der Waals surface area contributed by atoms with Crippen LogP contribution in [0, 0.1) is 0 Å². The zero-order valence-corrected chi connectivity index (χ0v) is 18.7. The molecule has 1 N–H and O–H groups in total. The van der Waals surface area contributed by atoms with Gasteiger partial charge < -0.3 is 10.2 Å². The van der Waals surface area contributed by atoms with E-state index in [-0.39, 0.29) is 24.3 Å². The zero-order valence-electron chi connectivity index (χ0n) is 17.1. The van der Waals surface area contributed by atoms with Crippen LogP contribution in [0.2, 0.25) is 0 Å². The number of imide groups is 1. The SMILES string of the molecule is CC1CCCCN1CCCCNC(=O)CCCN1C(=O)c2ccc(Br)cc2C1=O. The van der Waals surface area contributed by atoms with Crippen LogP contribution in [-0.2, 0) is 4.79 Å². The van der Waals surface area contributed by atoms with Gasteiger partial charge in [-0.25, -0.2) is 0 Å². The van der Waals surface area contributed by atoms with Gasteiger partial charge in [0.05, 0.1) is 11.1 Å². The van der Waals surface area contributed by atoms with Gasteiger partial charge in [0, 0.05) is 30.0 Å². The monoisotopic (exact) mass is 463 g/mol. The van der Waals surface area contributed by atoms with Crippen molar-refractivity contribution in [1.29, 1.82) is 0 Å². The van der Waals surface area contributed by atoms with Crippen LogP contribution in [0.25, 0.3) is 0 Å². The van der Waals surface area contributed by atoms with E-state index in [0.717, 1.165) is 23.9 Å². The molecular formula is C22H30BrN3O3. The largest absolute Gasteiger partial charge is 0.356 e. The van der Waals surface area contributed by atoms with E-state index in [4.69, 9.17) is 0 Å². The highest BCUT2D eigenvalue weighted by Crippen LogP contribution is 2.26. The summed E-state index contributed by atoms with van der Waals surface area (Å²) in [6, 6.07) is 5.78. The molecule has 2 aliphatic rings. The van der Waals surface area contributed by atoms with Crippen molar-refractivity contribution in [1.82, 2.24) is 15.1 Å². The third-order valence-electron chi connectivity index (χ3n) is 5.85. The smallest absolute Gasteiger partial charge is 0.261 e. The Labute approximate surface area is 181 Å². The predicted molar refractivity (Wildman–Crippen MR) is 116 cm³/mol. The standard InChI is InChI=1S/C22H30BrN3O3/c1-16-7-2-4-12-25(16)13-5-3-11-24-20(27)8-6-14-26-21(28)18-10-9-17(23)15-19(18)22(26)29/h9-10,15-16H,2-8,11-14H2,1H3,(H,24,27). The Hall–Kier alpha value is -1.73. The Bertz CT molecular complexity index is 768. The van der Waals surface area contributed by atoms with Crippen LogP contribution >= 0.6 is 15.9 Å². The number of nitrogens with one attached hydrogen (secondary N) is 1. The Morgan fingerprint density at radius 3 is 2.69 bits per heavy atom. The highest BCUT2D eigenvalue weighted by molar-refractivity contribution is 9.10. The molecule has 0 radical (unpaired) electrons. The maximum atomic E-state index is 12.4. The number of fused-ring (bicyclic) bond motifs is 1. The number of likely N-dealkylation sites (tertiary alicyclic amines) is 1. The van der Waals surface area contributed by atoms with Crippen LogP contribution in [0.1, 0.15) is 72.6 Å². The molecule has 6 nitrogen and oxygen atoms in total. The lowest BCUT2D eigenvalue weighted by Crippen LogP contribution is -2.38. The first-order valence-corrected chi connectivity index (χ1v) is 11.4. The van der Waals surface area contributed by atoms with Crippen molar-refractivity contribution in [2.75, 3.05) is 26.2 Å². The lowest BCUT2D eigenvalue weighted by Gasteiger charge is -2.33. The van der Waals surface area contributed by atoms with Gasteiger partial charge in [-0.15, -0.1) is 0 Å². The van der Waals surface area contributed by atoms with E-state index in [0.29, 0.717) is 36.6 Å². The van der Waals surface area contributed by atoms with Gasteiger partial charge in [-0.3, -0.25) is 19.3 Å². The second-order valence-corrected chi connectivity index (χ2v) is 8.91. The number of hydrogen-bond acceptors (Lipinski definition) is 4. The fraction of sp³-hybridized carbons (Fsp3) is 0.591. The summed E-state index contributed by atoms with van der Waals surface area (Å²) >= 11 is 3.33. The third kappa shape index (κ3) is 5.66. The molecule has 0 spiro atoms. The summed E-state index contributed by atoms with van der Waals surface area (Å²) in [6.07, 6.45) is 6.79. The number of halogens is 1. The number of carbonyl (C=O) groups excluding carboxylic acids is 3. The number of unbranched alkanes of at least 4 members (excludes halogenated alkanes) is 1. The van der Waals surface area contributed by atoms with Crippen LogP contribution in [0.15, 0.2) is 22.7 Å². The first-order chi connectivity index (χ1) is 14.0. The molecule has 0 aromatic heterocycles. The van der Waals surface area contributed by atoms with Crippen molar-refractivity contribution in [2.24, 2.45) is 0 Å². The maximum absolute atomic E-state index is 12.4. The van der Waals surface area contributed by atoms with Gasteiger partial charge in [-0.2, -0.15) is 0 Å². The zero-order chi connectivity index (χ0) is 20.8. The summed E-state index contributed by atoms with van der Waals surface area (Å²) in [6.45, 7) is 5.55. The number of rotatable bonds is 9. The molecule has 2 heterocycles. The predicted octanol–water partition coefficient (Wildman–Crippen LogP) is 3.60. The average Bonchev–Trinajstić information content (AvgIpc) is 2.93. The highest BCUT2D eigenvalue weighted by Gasteiger charge is 2.35. The number of benzene rings is 1. The number of hydrogen-bond donors (Lipinski definition) is 1. The summed E-state index contributed by atoms with van der Waals surface area (Å²) < 4.78 is 0.772. The fourth-order valence-electron chi connectivity index (χ4n) is 4.11. The molecule has 1 fully saturated rings. The number of nitrogens with zero attached hydrogens (tertiary/aromatic N) is 2. The molecule has 0 bridgehead atoms. The van der Waals surface area contributed by atoms with E-state index in [9.17, 15) is 14.4 Å². The van der Waals surface area contributed by atoms with E-state index in [1.54, 1.807) is 18.2 Å². The van der Waals surface area contributed by atoms with Gasteiger partial charge in [0.15, 0.2) is 0 Å². The van der Waals surface area contributed by atoms with Gasteiger partial charge in [0.25, 0.3) is 11.8 Å². The molecule has 1 atom stereocenters. The Morgan fingerprint density at radius 2 is 1.90 bits per heavy atom. The third-order valence-corrected chi connectivity index (χ3v) is 6.35. The molecule has 3 rings (SSSR count). The first-order valence-electron chi connectivity index (χ1n) is 10.6. The van der Waals surface area contributed by atoms with Gasteiger partial charge >= 0.3 is 0 Å². The summed E-state index contributed by atoms with van der Waals surface area (Å²) in [7, 11) is 0. The molecule has 0 aliphatic carbocycles. The minimum Gasteiger partial charge on any atom is -0.356 e. The van der Waals surface area contributed by atoms with Crippen molar-refractivity contribution in [3.63, 3.8) is 0 Å². The van der Waals surface area contributed by atoms with E-state index < -0.39 is 0 Å². The summed E-state index contributed by atoms with van der Waals surface area (Å²) in [5, 5.41) is 2.95. The van der Waals surface area contributed by atoms with Gasteiger partial charge in [-0.1, -0.05) is 22.4 Å². The number of carbonyl (C=O) groups is 3. The number of piperidine rings is 1. The van der Waals surface area contributed by atoms with Gasteiger partial charge in [0.2, 0.25) is 5.91 Å². The summed E-state index contributed by atoms with van der Waals surface area (Å²) in [4.78, 5) is 40.6. The van der Waals surface area contributed by atoms with Crippen LogP contribution in [0.4, 0.5) is 0 Å². The average molecular weight is 464 g/mol. The fourth-order valence-corrected chi connectivity index (χ4v) is 4.47. The van der Waals surface area contributed by atoms with Crippen molar-refractivity contribution < 1.29 is 14.4 Å². The lowest BCUT2D eigenvalue weighted by molar-refractivity contribution is -0.121. The second-order valence-electron chi connectivity index (χ2n) is 7.99. The van der Waals surface area contributed by atoms with Crippen LogP contribution < -0.4 is 5.32 Å². The quantitative estimate of drug-likeness (QED) is 0.448.